The van der Waals surface area contributed by atoms with Gasteiger partial charge in [0.1, 0.15) is 12.1 Å². The van der Waals surface area contributed by atoms with Crippen LogP contribution >= 0.6 is 0 Å². The van der Waals surface area contributed by atoms with Gasteiger partial charge < -0.3 is 9.30 Å². The Bertz CT molecular complexity index is 695. The molecule has 1 amide bonds. The van der Waals surface area contributed by atoms with Gasteiger partial charge in [0.15, 0.2) is 0 Å². The molecule has 2 heterocycles. The maximum absolute atomic E-state index is 13.7. The Hall–Kier alpha value is -2.28. The molecule has 0 unspecified atom stereocenters. The van der Waals surface area contributed by atoms with E-state index in [-0.39, 0.29) is 11.7 Å². The average Bonchev–Trinajstić information content (AvgIpc) is 3.02. The highest BCUT2D eigenvalue weighted by molar-refractivity contribution is 5.98. The summed E-state index contributed by atoms with van der Waals surface area (Å²) in [5.41, 5.74) is -0.147. The van der Waals surface area contributed by atoms with E-state index in [2.05, 4.69) is 15.5 Å². The summed E-state index contributed by atoms with van der Waals surface area (Å²) >= 11 is 0. The largest absolute Gasteiger partial charge is 0.381 e. The van der Waals surface area contributed by atoms with E-state index < -0.39 is 5.41 Å². The maximum Gasteiger partial charge on any atom is 0.237 e. The Morgan fingerprint density at radius 3 is 2.91 bits per heavy atom. The van der Waals surface area contributed by atoms with Crippen molar-refractivity contribution in [3.63, 3.8) is 0 Å². The van der Waals surface area contributed by atoms with Crippen LogP contribution in [0.25, 0.3) is 0 Å². The minimum atomic E-state index is -0.815. The van der Waals surface area contributed by atoms with Gasteiger partial charge in [-0.05, 0) is 37.5 Å². The SMILES string of the molecule is CCn1cnnc1NC(=O)C1(c2cccc(F)c2)CCOCC1. The van der Waals surface area contributed by atoms with Crippen molar-refractivity contribution in [2.24, 2.45) is 0 Å². The van der Waals surface area contributed by atoms with Crippen molar-refractivity contribution in [1.82, 2.24) is 14.8 Å². The summed E-state index contributed by atoms with van der Waals surface area (Å²) in [6.45, 7) is 3.52. The van der Waals surface area contributed by atoms with Crippen LogP contribution in [-0.4, -0.2) is 33.9 Å². The van der Waals surface area contributed by atoms with Gasteiger partial charge in [-0.2, -0.15) is 0 Å². The number of ether oxygens (including phenoxy) is 1. The number of aromatic nitrogens is 3. The molecule has 1 aliphatic rings. The maximum atomic E-state index is 13.7. The van der Waals surface area contributed by atoms with E-state index in [0.29, 0.717) is 44.1 Å². The van der Waals surface area contributed by atoms with Crippen molar-refractivity contribution in [3.8, 4) is 0 Å². The van der Waals surface area contributed by atoms with Gasteiger partial charge in [-0.3, -0.25) is 10.1 Å². The second-order valence-electron chi connectivity index (χ2n) is 5.60. The van der Waals surface area contributed by atoms with Crippen molar-refractivity contribution in [1.29, 1.82) is 0 Å². The lowest BCUT2D eigenvalue weighted by Crippen LogP contribution is -2.45. The molecule has 122 valence electrons. The number of nitrogens with zero attached hydrogens (tertiary/aromatic N) is 3. The third-order valence-corrected chi connectivity index (χ3v) is 4.34. The summed E-state index contributed by atoms with van der Waals surface area (Å²) in [7, 11) is 0. The number of amides is 1. The first kappa shape index (κ1) is 15.6. The molecule has 0 saturated carbocycles. The van der Waals surface area contributed by atoms with Crippen molar-refractivity contribution >= 4 is 11.9 Å². The second kappa shape index (κ2) is 6.45. The molecule has 7 heteroatoms. The van der Waals surface area contributed by atoms with Crippen molar-refractivity contribution < 1.29 is 13.9 Å². The normalized spacial score (nSPS) is 17.0. The fourth-order valence-corrected chi connectivity index (χ4v) is 2.96. The molecule has 0 radical (unpaired) electrons. The van der Waals surface area contributed by atoms with Crippen molar-refractivity contribution in [2.75, 3.05) is 18.5 Å². The summed E-state index contributed by atoms with van der Waals surface area (Å²) in [6.07, 6.45) is 2.57. The highest BCUT2D eigenvalue weighted by Gasteiger charge is 2.42. The molecule has 0 aliphatic carbocycles. The van der Waals surface area contributed by atoms with Crippen molar-refractivity contribution in [3.05, 3.63) is 42.0 Å². The van der Waals surface area contributed by atoms with E-state index in [1.54, 1.807) is 23.0 Å². The van der Waals surface area contributed by atoms with Gasteiger partial charge in [-0.25, -0.2) is 4.39 Å². The molecule has 0 spiro atoms. The second-order valence-corrected chi connectivity index (χ2v) is 5.60. The smallest absolute Gasteiger partial charge is 0.237 e. The van der Waals surface area contributed by atoms with E-state index in [4.69, 9.17) is 4.74 Å². The lowest BCUT2D eigenvalue weighted by atomic mass is 9.73. The summed E-state index contributed by atoms with van der Waals surface area (Å²) in [4.78, 5) is 13.0. The number of benzene rings is 1. The number of carbonyl (C=O) groups excluding carboxylic acids is 1. The van der Waals surface area contributed by atoms with E-state index in [1.807, 2.05) is 6.92 Å². The quantitative estimate of drug-likeness (QED) is 0.937. The lowest BCUT2D eigenvalue weighted by Gasteiger charge is -2.36. The Morgan fingerprint density at radius 1 is 1.43 bits per heavy atom. The predicted octanol–water partition coefficient (Wildman–Crippen LogP) is 2.12. The van der Waals surface area contributed by atoms with Crippen LogP contribution in [0.5, 0.6) is 0 Å². The number of nitrogens with one attached hydrogen (secondary N) is 1. The molecule has 3 rings (SSSR count). The van der Waals surface area contributed by atoms with E-state index in [0.717, 1.165) is 0 Å². The van der Waals surface area contributed by atoms with E-state index >= 15 is 0 Å². The summed E-state index contributed by atoms with van der Waals surface area (Å²) < 4.78 is 20.8. The van der Waals surface area contributed by atoms with Crippen LogP contribution in [0.2, 0.25) is 0 Å². The molecule has 2 aromatic rings. The van der Waals surface area contributed by atoms with Crippen LogP contribution in [0.4, 0.5) is 10.3 Å². The molecule has 23 heavy (non-hydrogen) atoms. The lowest BCUT2D eigenvalue weighted by molar-refractivity contribution is -0.125. The molecule has 0 bridgehead atoms. The van der Waals surface area contributed by atoms with Gasteiger partial charge in [0.05, 0.1) is 5.41 Å². The van der Waals surface area contributed by atoms with E-state index in [1.165, 1.54) is 12.1 Å². The van der Waals surface area contributed by atoms with Crippen LogP contribution in [0.15, 0.2) is 30.6 Å². The highest BCUT2D eigenvalue weighted by atomic mass is 19.1. The molecule has 1 fully saturated rings. The number of aryl methyl sites for hydroxylation is 1. The molecule has 1 saturated heterocycles. The first-order valence-corrected chi connectivity index (χ1v) is 7.69. The van der Waals surface area contributed by atoms with Gasteiger partial charge in [-0.1, -0.05) is 12.1 Å². The Kier molecular flexibility index (Phi) is 4.38. The fourth-order valence-electron chi connectivity index (χ4n) is 2.96. The number of hydrogen-bond acceptors (Lipinski definition) is 4. The number of halogens is 1. The van der Waals surface area contributed by atoms with Gasteiger partial charge >= 0.3 is 0 Å². The molecule has 6 nitrogen and oxygen atoms in total. The number of carbonyl (C=O) groups is 1. The van der Waals surface area contributed by atoms with Crippen LogP contribution in [0.3, 0.4) is 0 Å². The third-order valence-electron chi connectivity index (χ3n) is 4.34. The zero-order valence-electron chi connectivity index (χ0n) is 13.0. The summed E-state index contributed by atoms with van der Waals surface area (Å²) in [5, 5.41) is 10.6. The Labute approximate surface area is 133 Å². The molecular weight excluding hydrogens is 299 g/mol. The predicted molar refractivity (Wildman–Crippen MR) is 82.5 cm³/mol. The monoisotopic (exact) mass is 318 g/mol. The number of rotatable bonds is 4. The number of anilines is 1. The molecule has 1 aliphatic heterocycles. The summed E-state index contributed by atoms with van der Waals surface area (Å²) in [6, 6.07) is 6.22. The highest BCUT2D eigenvalue weighted by Crippen LogP contribution is 2.36. The fraction of sp³-hybridized carbons (Fsp3) is 0.438. The number of hydrogen-bond donors (Lipinski definition) is 1. The molecule has 1 aromatic carbocycles. The van der Waals surface area contributed by atoms with Crippen LogP contribution in [0.1, 0.15) is 25.3 Å². The third kappa shape index (κ3) is 2.96. The van der Waals surface area contributed by atoms with Gasteiger partial charge in [0, 0.05) is 19.8 Å². The molecule has 0 atom stereocenters. The first-order valence-electron chi connectivity index (χ1n) is 7.69. The van der Waals surface area contributed by atoms with Gasteiger partial charge in [0.2, 0.25) is 11.9 Å². The Morgan fingerprint density at radius 2 is 2.22 bits per heavy atom. The zero-order chi connectivity index (χ0) is 16.3. The topological polar surface area (TPSA) is 69.0 Å². The molecular formula is C16H19FN4O2. The van der Waals surface area contributed by atoms with E-state index in [9.17, 15) is 9.18 Å². The molecule has 1 aromatic heterocycles. The minimum absolute atomic E-state index is 0.200. The van der Waals surface area contributed by atoms with Crippen LogP contribution in [0, 0.1) is 5.82 Å². The van der Waals surface area contributed by atoms with Crippen molar-refractivity contribution in [2.45, 2.75) is 31.7 Å². The van der Waals surface area contributed by atoms with Gasteiger partial charge in [0.25, 0.3) is 0 Å². The zero-order valence-corrected chi connectivity index (χ0v) is 13.0. The summed E-state index contributed by atoms with van der Waals surface area (Å²) in [5.74, 6) is -0.147. The van der Waals surface area contributed by atoms with Crippen LogP contribution < -0.4 is 5.32 Å². The Balaban J connectivity index is 1.94. The van der Waals surface area contributed by atoms with Gasteiger partial charge in [-0.15, -0.1) is 10.2 Å². The average molecular weight is 318 g/mol. The first-order chi connectivity index (χ1) is 11.2. The molecule has 1 N–H and O–H groups in total. The standard InChI is InChI=1S/C16H19FN4O2/c1-2-21-11-18-20-15(21)19-14(22)16(6-8-23-9-7-16)12-4-3-5-13(17)10-12/h3-5,10-11H,2,6-9H2,1H3,(H,19,20,22). The minimum Gasteiger partial charge on any atom is -0.381 e. The van der Waals surface area contributed by atoms with Crippen LogP contribution in [-0.2, 0) is 21.5 Å².